The molecule has 0 spiro atoms. The van der Waals surface area contributed by atoms with Crippen molar-refractivity contribution in [2.24, 2.45) is 11.3 Å². The summed E-state index contributed by atoms with van der Waals surface area (Å²) in [7, 11) is 0. The molecule has 1 aromatic carbocycles. The van der Waals surface area contributed by atoms with E-state index in [9.17, 15) is 9.90 Å². The second kappa shape index (κ2) is 3.97. The Morgan fingerprint density at radius 3 is 3.05 bits per heavy atom. The van der Waals surface area contributed by atoms with Gasteiger partial charge in [0, 0.05) is 14.5 Å². The van der Waals surface area contributed by atoms with E-state index in [4.69, 9.17) is 2.74 Å². The second-order valence-corrected chi connectivity index (χ2v) is 6.53. The Morgan fingerprint density at radius 2 is 2.20 bits per heavy atom. The van der Waals surface area contributed by atoms with Gasteiger partial charge in [0.05, 0.1) is 0 Å². The van der Waals surface area contributed by atoms with Crippen molar-refractivity contribution in [2.45, 2.75) is 45.4 Å². The van der Waals surface area contributed by atoms with Crippen molar-refractivity contribution >= 4 is 11.4 Å². The van der Waals surface area contributed by atoms with Crippen molar-refractivity contribution in [3.63, 3.8) is 0 Å². The van der Waals surface area contributed by atoms with Crippen LogP contribution in [0.5, 0.6) is 5.75 Å². The van der Waals surface area contributed by atoms with Gasteiger partial charge >= 0.3 is 0 Å². The first-order valence-electron chi connectivity index (χ1n) is 8.42. The summed E-state index contributed by atoms with van der Waals surface area (Å²) in [5.74, 6) is 0.143. The van der Waals surface area contributed by atoms with Crippen LogP contribution >= 0.6 is 0 Å². The van der Waals surface area contributed by atoms with Crippen LogP contribution in [0.2, 0.25) is 0 Å². The summed E-state index contributed by atoms with van der Waals surface area (Å²) in [4.78, 5) is 12.5. The topological polar surface area (TPSA) is 37.3 Å². The van der Waals surface area contributed by atoms with Gasteiger partial charge < -0.3 is 5.11 Å². The first kappa shape index (κ1) is 10.2. The highest BCUT2D eigenvalue weighted by Crippen LogP contribution is 2.56. The van der Waals surface area contributed by atoms with E-state index in [1.54, 1.807) is 6.07 Å². The van der Waals surface area contributed by atoms with Gasteiger partial charge in [-0.25, -0.2) is 0 Å². The van der Waals surface area contributed by atoms with Gasteiger partial charge in [0.2, 0.25) is 0 Å². The zero-order valence-corrected chi connectivity index (χ0v) is 11.7. The van der Waals surface area contributed by atoms with E-state index in [-0.39, 0.29) is 11.7 Å². The van der Waals surface area contributed by atoms with Crippen molar-refractivity contribution < 1.29 is 12.6 Å². The Balaban J connectivity index is 1.85. The highest BCUT2D eigenvalue weighted by Gasteiger charge is 2.50. The normalized spacial score (nSPS) is 35.9. The lowest BCUT2D eigenvalue weighted by molar-refractivity contribution is -0.126. The maximum absolute atomic E-state index is 12.5. The van der Waals surface area contributed by atoms with Crippen molar-refractivity contribution in [3.8, 4) is 5.75 Å². The van der Waals surface area contributed by atoms with E-state index in [1.165, 1.54) is 22.3 Å². The van der Waals surface area contributed by atoms with Gasteiger partial charge in [-0.05, 0) is 66.9 Å². The number of hydrogen-bond acceptors (Lipinski definition) is 2. The Kier molecular flexibility index (Phi) is 2.02. The molecule has 0 amide bonds. The van der Waals surface area contributed by atoms with Crippen LogP contribution in [0.25, 0.3) is 5.57 Å². The van der Waals surface area contributed by atoms with Crippen LogP contribution < -0.4 is 0 Å². The molecule has 0 aromatic heterocycles. The lowest BCUT2D eigenvalue weighted by Gasteiger charge is -2.40. The smallest absolute Gasteiger partial charge is 0.139 e. The Labute approximate surface area is 122 Å². The number of carbonyl (C=O) groups is 1. The van der Waals surface area contributed by atoms with Crippen LogP contribution in [-0.2, 0) is 11.2 Å². The molecule has 1 saturated carbocycles. The molecule has 1 N–H and O–H groups in total. The molecular formula is C18H20O2. The summed E-state index contributed by atoms with van der Waals surface area (Å²) >= 11 is 0. The number of fused-ring (bicyclic) bond motifs is 4. The van der Waals surface area contributed by atoms with Crippen LogP contribution in [0.4, 0.5) is 0 Å². The Morgan fingerprint density at radius 1 is 1.35 bits per heavy atom. The monoisotopic (exact) mass is 270 g/mol. The first-order valence-corrected chi connectivity index (χ1v) is 7.42. The number of benzene rings is 1. The molecule has 20 heavy (non-hydrogen) atoms. The minimum absolute atomic E-state index is 0.0423. The molecule has 0 heterocycles. The fourth-order valence-corrected chi connectivity index (χ4v) is 4.31. The summed E-state index contributed by atoms with van der Waals surface area (Å²) in [6, 6.07) is 5.54. The van der Waals surface area contributed by atoms with E-state index in [1.807, 2.05) is 19.1 Å². The van der Waals surface area contributed by atoms with Crippen molar-refractivity contribution in [3.05, 3.63) is 34.9 Å². The number of aromatic hydroxyl groups is 1. The molecule has 0 aliphatic heterocycles. The van der Waals surface area contributed by atoms with Gasteiger partial charge in [0.15, 0.2) is 0 Å². The van der Waals surface area contributed by atoms with E-state index >= 15 is 0 Å². The van der Waals surface area contributed by atoms with Gasteiger partial charge in [-0.3, -0.25) is 4.79 Å². The number of aryl methyl sites for hydroxylation is 1. The number of carbonyl (C=O) groups excluding carboxylic acids is 1. The summed E-state index contributed by atoms with van der Waals surface area (Å²) in [5.41, 5.74) is 4.43. The van der Waals surface area contributed by atoms with Crippen molar-refractivity contribution in [1.29, 1.82) is 0 Å². The highest BCUT2D eigenvalue weighted by molar-refractivity contribution is 5.90. The van der Waals surface area contributed by atoms with Gasteiger partial charge in [-0.1, -0.05) is 18.6 Å². The number of phenolic OH excluding ortho intramolecular Hbond substituents is 1. The zero-order chi connectivity index (χ0) is 15.7. The maximum Gasteiger partial charge on any atom is 0.139 e. The Bertz CT molecular complexity index is 720. The summed E-state index contributed by atoms with van der Waals surface area (Å²) in [6.45, 7) is 1.96. The highest BCUT2D eigenvalue weighted by atomic mass is 16.3. The summed E-state index contributed by atoms with van der Waals surface area (Å²) < 4.78 is 16.1. The van der Waals surface area contributed by atoms with Crippen molar-refractivity contribution in [2.75, 3.05) is 0 Å². The predicted octanol–water partition coefficient (Wildman–Crippen LogP) is 3.87. The quantitative estimate of drug-likeness (QED) is 0.777. The molecular weight excluding hydrogens is 248 g/mol. The molecule has 4 rings (SSSR count). The fraction of sp³-hybridized carbons (Fsp3) is 0.500. The van der Waals surface area contributed by atoms with Crippen LogP contribution in [0.1, 0.15) is 52.8 Å². The second-order valence-electron chi connectivity index (χ2n) is 6.53. The number of rotatable bonds is 0. The molecule has 3 aliphatic rings. The number of allylic oxidation sites excluding steroid dienone is 2. The minimum Gasteiger partial charge on any atom is -0.508 e. The number of phenols is 1. The molecule has 1 aromatic rings. The van der Waals surface area contributed by atoms with Gasteiger partial charge in [0.1, 0.15) is 11.5 Å². The van der Waals surface area contributed by atoms with Gasteiger partial charge in [-0.2, -0.15) is 0 Å². The number of ketones is 1. The predicted molar refractivity (Wildman–Crippen MR) is 78.4 cm³/mol. The van der Waals surface area contributed by atoms with Crippen LogP contribution in [0, 0.1) is 11.3 Å². The molecule has 2 heteroatoms. The third kappa shape index (κ3) is 1.48. The van der Waals surface area contributed by atoms with Crippen LogP contribution in [-0.4, -0.2) is 10.9 Å². The lowest BCUT2D eigenvalue weighted by atomic mass is 9.63. The molecule has 104 valence electrons. The average molecular weight is 270 g/mol. The maximum atomic E-state index is 12.5. The van der Waals surface area contributed by atoms with E-state index in [0.29, 0.717) is 12.2 Å². The Hall–Kier alpha value is -1.57. The summed E-state index contributed by atoms with van der Waals surface area (Å²) in [6.07, 6.45) is 1.96. The van der Waals surface area contributed by atoms with Gasteiger partial charge in [0.25, 0.3) is 0 Å². The van der Waals surface area contributed by atoms with Gasteiger partial charge in [-0.15, -0.1) is 0 Å². The SMILES string of the molecule is [2H]C1([2H])C[C@H]2C3=C(CC[C@]2(C)C1=O)c1ccc(O)cc1CC3. The molecule has 1 fully saturated rings. The van der Waals surface area contributed by atoms with Crippen LogP contribution in [0.3, 0.4) is 0 Å². The zero-order valence-electron chi connectivity index (χ0n) is 13.7. The third-order valence-electron chi connectivity index (χ3n) is 5.53. The fourth-order valence-electron chi connectivity index (χ4n) is 4.31. The van der Waals surface area contributed by atoms with E-state index in [2.05, 4.69) is 0 Å². The number of Topliss-reactive ketones (excluding diaryl/α,β-unsaturated/α-hetero) is 1. The lowest BCUT2D eigenvalue weighted by Crippen LogP contribution is -2.34. The summed E-state index contributed by atoms with van der Waals surface area (Å²) in [5, 5.41) is 9.67. The first-order chi connectivity index (χ1) is 10.3. The molecule has 3 aliphatic carbocycles. The molecule has 2 atom stereocenters. The van der Waals surface area contributed by atoms with Crippen molar-refractivity contribution in [1.82, 2.24) is 0 Å². The molecule has 0 unspecified atom stereocenters. The van der Waals surface area contributed by atoms with Crippen LogP contribution in [0.15, 0.2) is 23.8 Å². The largest absolute Gasteiger partial charge is 0.508 e. The third-order valence-corrected chi connectivity index (χ3v) is 5.53. The molecule has 0 saturated heterocycles. The van der Waals surface area contributed by atoms with E-state index < -0.39 is 11.8 Å². The standard InChI is InChI=1S/C18H20O2/c1-18-9-8-14-13-5-3-12(19)10-11(13)2-4-15(14)16(18)6-7-17(18)20/h3,5,10,16,19H,2,4,6-9H2,1H3/t16-,18-/m0/s1/i7D2. The van der Waals surface area contributed by atoms with E-state index in [0.717, 1.165) is 25.7 Å². The average Bonchev–Trinajstić information content (AvgIpc) is 2.66. The molecule has 0 radical (unpaired) electrons. The molecule has 0 bridgehead atoms. The minimum atomic E-state index is -1.68. The molecule has 2 nitrogen and oxygen atoms in total. The number of hydrogen-bond donors (Lipinski definition) is 1.